The van der Waals surface area contributed by atoms with Gasteiger partial charge in [-0.2, -0.15) is 0 Å². The van der Waals surface area contributed by atoms with Gasteiger partial charge in [0.25, 0.3) is 0 Å². The average molecular weight is 252 g/mol. The quantitative estimate of drug-likeness (QED) is 0.751. The lowest BCUT2D eigenvalue weighted by atomic mass is 10.1. The van der Waals surface area contributed by atoms with Gasteiger partial charge in [0.15, 0.2) is 0 Å². The fourth-order valence-corrected chi connectivity index (χ4v) is 1.78. The molecule has 0 aliphatic rings. The first-order valence-corrected chi connectivity index (χ1v) is 6.13. The van der Waals surface area contributed by atoms with Crippen LogP contribution in [-0.2, 0) is 4.74 Å². The van der Waals surface area contributed by atoms with Crippen molar-refractivity contribution in [1.82, 2.24) is 4.98 Å². The lowest BCUT2D eigenvalue weighted by Gasteiger charge is -2.23. The molecule has 100 valence electrons. The van der Waals surface area contributed by atoms with Gasteiger partial charge in [-0.15, -0.1) is 0 Å². The van der Waals surface area contributed by atoms with Crippen LogP contribution in [0.2, 0.25) is 0 Å². The van der Waals surface area contributed by atoms with Crippen molar-refractivity contribution in [2.45, 2.75) is 20.8 Å². The first kappa shape index (κ1) is 14.4. The summed E-state index contributed by atoms with van der Waals surface area (Å²) < 4.78 is 5.30. The molecule has 0 amide bonds. The molecule has 0 spiro atoms. The first-order chi connectivity index (χ1) is 8.61. The first-order valence-electron chi connectivity index (χ1n) is 6.13. The molecule has 0 fully saturated rings. The van der Waals surface area contributed by atoms with Crippen molar-refractivity contribution in [3.8, 4) is 0 Å². The number of anilines is 1. The van der Waals surface area contributed by atoms with Crippen LogP contribution >= 0.6 is 0 Å². The third-order valence-corrected chi connectivity index (χ3v) is 2.74. The van der Waals surface area contributed by atoms with Gasteiger partial charge in [0, 0.05) is 25.9 Å². The maximum Gasteiger partial charge on any atom is 0.339 e. The Labute approximate surface area is 107 Å². The highest BCUT2D eigenvalue weighted by Gasteiger charge is 2.18. The van der Waals surface area contributed by atoms with E-state index in [1.165, 1.54) is 0 Å². The third kappa shape index (κ3) is 3.43. The van der Waals surface area contributed by atoms with Gasteiger partial charge in [-0.3, -0.25) is 0 Å². The van der Waals surface area contributed by atoms with Crippen LogP contribution in [0.15, 0.2) is 12.3 Å². The lowest BCUT2D eigenvalue weighted by molar-refractivity contribution is 0.0696. The Balaban J connectivity index is 2.98. The molecule has 0 aliphatic heterocycles. The number of aromatic carboxylic acids is 1. The molecule has 1 heterocycles. The molecule has 1 aromatic heterocycles. The minimum Gasteiger partial charge on any atom is -0.478 e. The Morgan fingerprint density at radius 3 is 2.78 bits per heavy atom. The molecule has 5 nitrogen and oxygen atoms in total. The van der Waals surface area contributed by atoms with Gasteiger partial charge in [-0.05, 0) is 32.4 Å². The zero-order valence-corrected chi connectivity index (χ0v) is 11.1. The fourth-order valence-electron chi connectivity index (χ4n) is 1.78. The van der Waals surface area contributed by atoms with Crippen LogP contribution in [0.5, 0.6) is 0 Å². The van der Waals surface area contributed by atoms with Gasteiger partial charge in [-0.25, -0.2) is 9.78 Å². The molecule has 0 aromatic carbocycles. The summed E-state index contributed by atoms with van der Waals surface area (Å²) in [5.74, 6) is -0.421. The highest BCUT2D eigenvalue weighted by Crippen LogP contribution is 2.20. The Hall–Kier alpha value is -1.62. The summed E-state index contributed by atoms with van der Waals surface area (Å²) >= 11 is 0. The van der Waals surface area contributed by atoms with Gasteiger partial charge in [0.2, 0.25) is 0 Å². The van der Waals surface area contributed by atoms with E-state index in [-0.39, 0.29) is 5.56 Å². The van der Waals surface area contributed by atoms with Gasteiger partial charge >= 0.3 is 5.97 Å². The Kier molecular flexibility index (Phi) is 5.58. The van der Waals surface area contributed by atoms with Crippen LogP contribution in [0.3, 0.4) is 0 Å². The van der Waals surface area contributed by atoms with Gasteiger partial charge < -0.3 is 14.7 Å². The van der Waals surface area contributed by atoms with Crippen molar-refractivity contribution >= 4 is 11.8 Å². The SMILES string of the molecule is CCOCCN(CC)c1nccc(C)c1C(=O)O. The second kappa shape index (κ2) is 6.96. The van der Waals surface area contributed by atoms with E-state index in [1.807, 2.05) is 18.7 Å². The second-order valence-electron chi connectivity index (χ2n) is 3.91. The minimum absolute atomic E-state index is 0.274. The van der Waals surface area contributed by atoms with Gasteiger partial charge in [0.1, 0.15) is 11.4 Å². The minimum atomic E-state index is -0.939. The fraction of sp³-hybridized carbons (Fsp3) is 0.538. The molecule has 0 aliphatic carbocycles. The number of nitrogens with zero attached hydrogens (tertiary/aromatic N) is 2. The van der Waals surface area contributed by atoms with Crippen molar-refractivity contribution in [3.63, 3.8) is 0 Å². The Morgan fingerprint density at radius 1 is 1.50 bits per heavy atom. The maximum atomic E-state index is 11.3. The monoisotopic (exact) mass is 252 g/mol. The average Bonchev–Trinajstić information content (AvgIpc) is 2.34. The molecule has 0 atom stereocenters. The van der Waals surface area contributed by atoms with E-state index in [0.29, 0.717) is 32.1 Å². The van der Waals surface area contributed by atoms with Crippen molar-refractivity contribution in [2.24, 2.45) is 0 Å². The van der Waals surface area contributed by atoms with Crippen LogP contribution in [0.1, 0.15) is 29.8 Å². The van der Waals surface area contributed by atoms with Crippen LogP contribution in [0, 0.1) is 6.92 Å². The third-order valence-electron chi connectivity index (χ3n) is 2.74. The van der Waals surface area contributed by atoms with Crippen LogP contribution in [0.4, 0.5) is 5.82 Å². The van der Waals surface area contributed by atoms with Crippen LogP contribution in [0.25, 0.3) is 0 Å². The lowest BCUT2D eigenvalue weighted by Crippen LogP contribution is -2.30. The largest absolute Gasteiger partial charge is 0.478 e. The topological polar surface area (TPSA) is 62.7 Å². The second-order valence-corrected chi connectivity index (χ2v) is 3.91. The van der Waals surface area contributed by atoms with E-state index in [2.05, 4.69) is 4.98 Å². The summed E-state index contributed by atoms with van der Waals surface area (Å²) in [6.45, 7) is 8.25. The molecule has 1 aromatic rings. The predicted octanol–water partition coefficient (Wildman–Crippen LogP) is 1.95. The number of likely N-dealkylation sites (N-methyl/N-ethyl adjacent to an activating group) is 1. The number of ether oxygens (including phenoxy) is 1. The van der Waals surface area contributed by atoms with Crippen molar-refractivity contribution < 1.29 is 14.6 Å². The number of hydrogen-bond donors (Lipinski definition) is 1. The van der Waals surface area contributed by atoms with Crippen molar-refractivity contribution in [2.75, 3.05) is 31.2 Å². The number of aryl methyl sites for hydroxylation is 1. The Morgan fingerprint density at radius 2 is 2.22 bits per heavy atom. The predicted molar refractivity (Wildman–Crippen MR) is 70.3 cm³/mol. The zero-order chi connectivity index (χ0) is 13.5. The van der Waals surface area contributed by atoms with Crippen molar-refractivity contribution in [3.05, 3.63) is 23.4 Å². The number of rotatable bonds is 7. The van der Waals surface area contributed by atoms with E-state index in [1.54, 1.807) is 19.2 Å². The molecule has 1 N–H and O–H groups in total. The van der Waals surface area contributed by atoms with E-state index >= 15 is 0 Å². The molecule has 18 heavy (non-hydrogen) atoms. The summed E-state index contributed by atoms with van der Waals surface area (Å²) in [6.07, 6.45) is 1.64. The maximum absolute atomic E-state index is 11.3. The molecule has 0 bridgehead atoms. The van der Waals surface area contributed by atoms with Crippen LogP contribution < -0.4 is 4.90 Å². The number of hydrogen-bond acceptors (Lipinski definition) is 4. The molecule has 5 heteroatoms. The van der Waals surface area contributed by atoms with Gasteiger partial charge in [-0.1, -0.05) is 0 Å². The summed E-state index contributed by atoms with van der Waals surface area (Å²) in [6, 6.07) is 1.71. The van der Waals surface area contributed by atoms with Crippen molar-refractivity contribution in [1.29, 1.82) is 0 Å². The number of pyridine rings is 1. The summed E-state index contributed by atoms with van der Waals surface area (Å²) in [5.41, 5.74) is 0.998. The summed E-state index contributed by atoms with van der Waals surface area (Å²) in [5, 5.41) is 9.26. The highest BCUT2D eigenvalue weighted by atomic mass is 16.5. The molecule has 0 unspecified atom stereocenters. The number of carboxylic acids is 1. The zero-order valence-electron chi connectivity index (χ0n) is 11.1. The standard InChI is InChI=1S/C13H20N2O3/c1-4-15(8-9-18-5-2)12-11(13(16)17)10(3)6-7-14-12/h6-7H,4-5,8-9H2,1-3H3,(H,16,17). The summed E-state index contributed by atoms with van der Waals surface area (Å²) in [7, 11) is 0. The molecule has 0 saturated heterocycles. The summed E-state index contributed by atoms with van der Waals surface area (Å²) in [4.78, 5) is 17.4. The Bertz CT molecular complexity index is 407. The molecular formula is C13H20N2O3. The molecule has 1 rings (SSSR count). The van der Waals surface area contributed by atoms with E-state index < -0.39 is 5.97 Å². The highest BCUT2D eigenvalue weighted by molar-refractivity contribution is 5.94. The van der Waals surface area contributed by atoms with Gasteiger partial charge in [0.05, 0.1) is 6.61 Å². The normalized spacial score (nSPS) is 10.4. The van der Waals surface area contributed by atoms with E-state index in [0.717, 1.165) is 5.56 Å². The smallest absolute Gasteiger partial charge is 0.339 e. The molecule has 0 radical (unpaired) electrons. The van der Waals surface area contributed by atoms with E-state index in [9.17, 15) is 9.90 Å². The number of carbonyl (C=O) groups is 1. The number of carboxylic acid groups (broad SMARTS) is 1. The van der Waals surface area contributed by atoms with Crippen LogP contribution in [-0.4, -0.2) is 42.4 Å². The molecule has 0 saturated carbocycles. The molecular weight excluding hydrogens is 232 g/mol. The number of aromatic nitrogens is 1. The van der Waals surface area contributed by atoms with E-state index in [4.69, 9.17) is 4.74 Å².